The zero-order valence-corrected chi connectivity index (χ0v) is 20.4. The minimum Gasteiger partial charge on any atom is -0.508 e. The van der Waals surface area contributed by atoms with Crippen molar-refractivity contribution >= 4 is 6.08 Å². The standard InChI is InChI=1S/C29H50O2/c1-2-3-4-5-6-7-8-9-10-11-12-13-14-15-16-17-18-19-20-21-22-23-27-24-28(30)26-29(31)25-27/h22-26,30-31H,2-21H2,1H3/b23-22+. The van der Waals surface area contributed by atoms with Crippen molar-refractivity contribution < 1.29 is 10.2 Å². The zero-order chi connectivity index (χ0) is 22.4. The summed E-state index contributed by atoms with van der Waals surface area (Å²) in [5.41, 5.74) is 0.857. The Morgan fingerprint density at radius 2 is 0.871 bits per heavy atom. The third-order valence-corrected chi connectivity index (χ3v) is 6.21. The fraction of sp³-hybridized carbons (Fsp3) is 0.724. The van der Waals surface area contributed by atoms with Crippen LogP contribution >= 0.6 is 0 Å². The Hall–Kier alpha value is -1.44. The first kappa shape index (κ1) is 27.6. The summed E-state index contributed by atoms with van der Waals surface area (Å²) in [7, 11) is 0. The molecule has 0 amide bonds. The molecule has 0 heterocycles. The van der Waals surface area contributed by atoms with E-state index in [1.807, 2.05) is 6.08 Å². The first-order chi connectivity index (χ1) is 15.2. The van der Waals surface area contributed by atoms with Crippen molar-refractivity contribution in [1.29, 1.82) is 0 Å². The van der Waals surface area contributed by atoms with Crippen LogP contribution in [0, 0.1) is 0 Å². The minimum atomic E-state index is 0.114. The molecule has 0 saturated heterocycles. The third-order valence-electron chi connectivity index (χ3n) is 6.21. The van der Waals surface area contributed by atoms with Crippen LogP contribution in [0.5, 0.6) is 11.5 Å². The molecule has 2 N–H and O–H groups in total. The molecule has 2 nitrogen and oxygen atoms in total. The van der Waals surface area contributed by atoms with Gasteiger partial charge in [0.05, 0.1) is 0 Å². The summed E-state index contributed by atoms with van der Waals surface area (Å²) < 4.78 is 0. The van der Waals surface area contributed by atoms with Crippen molar-refractivity contribution in [2.45, 2.75) is 135 Å². The fourth-order valence-electron chi connectivity index (χ4n) is 4.27. The van der Waals surface area contributed by atoms with E-state index in [1.165, 1.54) is 128 Å². The number of aromatic hydroxyl groups is 2. The van der Waals surface area contributed by atoms with E-state index in [9.17, 15) is 10.2 Å². The van der Waals surface area contributed by atoms with Gasteiger partial charge in [-0.05, 0) is 30.5 Å². The largest absolute Gasteiger partial charge is 0.508 e. The summed E-state index contributed by atoms with van der Waals surface area (Å²) in [5.74, 6) is 0.228. The van der Waals surface area contributed by atoms with Crippen molar-refractivity contribution in [3.63, 3.8) is 0 Å². The van der Waals surface area contributed by atoms with Gasteiger partial charge >= 0.3 is 0 Å². The van der Waals surface area contributed by atoms with Gasteiger partial charge in [0.1, 0.15) is 11.5 Å². The topological polar surface area (TPSA) is 40.5 Å². The van der Waals surface area contributed by atoms with Crippen LogP contribution in [0.2, 0.25) is 0 Å². The van der Waals surface area contributed by atoms with Gasteiger partial charge in [-0.3, -0.25) is 0 Å². The SMILES string of the molecule is CCCCCCCCCCCCCCCCCCCCC/C=C/c1cc(O)cc(O)c1. The lowest BCUT2D eigenvalue weighted by molar-refractivity contribution is 0.450. The Bertz CT molecular complexity index is 529. The van der Waals surface area contributed by atoms with Crippen LogP contribution in [-0.4, -0.2) is 10.2 Å². The van der Waals surface area contributed by atoms with Crippen molar-refractivity contribution in [1.82, 2.24) is 0 Å². The summed E-state index contributed by atoms with van der Waals surface area (Å²) in [4.78, 5) is 0. The number of rotatable bonds is 21. The van der Waals surface area contributed by atoms with Crippen molar-refractivity contribution in [3.8, 4) is 11.5 Å². The van der Waals surface area contributed by atoms with Crippen molar-refractivity contribution in [2.24, 2.45) is 0 Å². The normalized spacial score (nSPS) is 11.5. The Morgan fingerprint density at radius 3 is 1.26 bits per heavy atom. The van der Waals surface area contributed by atoms with E-state index in [1.54, 1.807) is 12.1 Å². The maximum atomic E-state index is 9.47. The Morgan fingerprint density at radius 1 is 0.516 bits per heavy atom. The van der Waals surface area contributed by atoms with Crippen LogP contribution in [0.25, 0.3) is 6.08 Å². The van der Waals surface area contributed by atoms with Gasteiger partial charge in [0.15, 0.2) is 0 Å². The Labute approximate surface area is 193 Å². The molecular weight excluding hydrogens is 380 g/mol. The number of phenolic OH excluding ortho intramolecular Hbond substituents is 2. The minimum absolute atomic E-state index is 0.114. The van der Waals surface area contributed by atoms with Crippen LogP contribution in [0.1, 0.15) is 141 Å². The molecule has 0 aromatic heterocycles. The fourth-order valence-corrected chi connectivity index (χ4v) is 4.27. The van der Waals surface area contributed by atoms with Crippen LogP contribution < -0.4 is 0 Å². The molecule has 0 unspecified atom stereocenters. The molecule has 0 aliphatic carbocycles. The van der Waals surface area contributed by atoms with Crippen LogP contribution in [0.15, 0.2) is 24.3 Å². The summed E-state index contributed by atoms with van der Waals surface area (Å²) in [6.07, 6.45) is 32.0. The lowest BCUT2D eigenvalue weighted by atomic mass is 10.0. The molecule has 0 aliphatic heterocycles. The van der Waals surface area contributed by atoms with Gasteiger partial charge in [0.2, 0.25) is 0 Å². The second-order valence-corrected chi connectivity index (χ2v) is 9.34. The first-order valence-corrected chi connectivity index (χ1v) is 13.4. The number of phenols is 2. The lowest BCUT2D eigenvalue weighted by Crippen LogP contribution is -1.84. The average molecular weight is 431 g/mol. The summed E-state index contributed by atoms with van der Waals surface area (Å²) >= 11 is 0. The Kier molecular flexibility index (Phi) is 18.2. The highest BCUT2D eigenvalue weighted by Gasteiger charge is 1.97. The quantitative estimate of drug-likeness (QED) is 0.190. The second kappa shape index (κ2) is 20.5. The first-order valence-electron chi connectivity index (χ1n) is 13.4. The molecule has 1 aromatic carbocycles. The van der Waals surface area contributed by atoms with Gasteiger partial charge in [-0.25, -0.2) is 0 Å². The van der Waals surface area contributed by atoms with Crippen LogP contribution in [-0.2, 0) is 0 Å². The molecule has 178 valence electrons. The van der Waals surface area contributed by atoms with E-state index in [0.29, 0.717) is 0 Å². The van der Waals surface area contributed by atoms with Gasteiger partial charge in [-0.15, -0.1) is 0 Å². The smallest absolute Gasteiger partial charge is 0.119 e. The van der Waals surface area contributed by atoms with Crippen LogP contribution in [0.3, 0.4) is 0 Å². The maximum absolute atomic E-state index is 9.47. The number of allylic oxidation sites excluding steroid dienone is 1. The zero-order valence-electron chi connectivity index (χ0n) is 20.4. The average Bonchev–Trinajstić information content (AvgIpc) is 2.74. The van der Waals surface area contributed by atoms with Crippen LogP contribution in [0.4, 0.5) is 0 Å². The van der Waals surface area contributed by atoms with Gasteiger partial charge < -0.3 is 10.2 Å². The van der Waals surface area contributed by atoms with E-state index in [-0.39, 0.29) is 11.5 Å². The van der Waals surface area contributed by atoms with E-state index < -0.39 is 0 Å². The molecule has 0 bridgehead atoms. The number of benzene rings is 1. The molecule has 0 atom stereocenters. The molecule has 0 fully saturated rings. The molecule has 2 heteroatoms. The highest BCUT2D eigenvalue weighted by molar-refractivity contribution is 5.54. The van der Waals surface area contributed by atoms with Gasteiger partial charge in [0, 0.05) is 6.07 Å². The predicted octanol–water partition coefficient (Wildman–Crippen LogP) is 9.93. The molecular formula is C29H50O2. The Balaban J connectivity index is 1.76. The molecule has 1 aromatic rings. The molecule has 0 aliphatic rings. The molecule has 31 heavy (non-hydrogen) atoms. The van der Waals surface area contributed by atoms with E-state index >= 15 is 0 Å². The third kappa shape index (κ3) is 17.9. The summed E-state index contributed by atoms with van der Waals surface area (Å²) in [6, 6.07) is 4.70. The monoisotopic (exact) mass is 430 g/mol. The predicted molar refractivity (Wildman–Crippen MR) is 137 cm³/mol. The molecule has 1 rings (SSSR count). The van der Waals surface area contributed by atoms with Gasteiger partial charge in [-0.1, -0.05) is 135 Å². The highest BCUT2D eigenvalue weighted by atomic mass is 16.3. The number of unbranched alkanes of at least 4 members (excludes halogenated alkanes) is 19. The molecule has 0 spiro atoms. The highest BCUT2D eigenvalue weighted by Crippen LogP contribution is 2.21. The van der Waals surface area contributed by atoms with E-state index in [4.69, 9.17) is 0 Å². The number of hydrogen-bond donors (Lipinski definition) is 2. The second-order valence-electron chi connectivity index (χ2n) is 9.34. The summed E-state index contributed by atoms with van der Waals surface area (Å²) in [6.45, 7) is 2.29. The van der Waals surface area contributed by atoms with Crippen molar-refractivity contribution in [3.05, 3.63) is 29.8 Å². The molecule has 0 radical (unpaired) electrons. The maximum Gasteiger partial charge on any atom is 0.119 e. The van der Waals surface area contributed by atoms with Gasteiger partial charge in [0.25, 0.3) is 0 Å². The molecule has 0 saturated carbocycles. The van der Waals surface area contributed by atoms with E-state index in [2.05, 4.69) is 13.0 Å². The van der Waals surface area contributed by atoms with E-state index in [0.717, 1.165) is 12.0 Å². The summed E-state index contributed by atoms with van der Waals surface area (Å²) in [5, 5.41) is 18.9. The van der Waals surface area contributed by atoms with Gasteiger partial charge in [-0.2, -0.15) is 0 Å². The lowest BCUT2D eigenvalue weighted by Gasteiger charge is -2.04. The van der Waals surface area contributed by atoms with Crippen molar-refractivity contribution in [2.75, 3.05) is 0 Å². The number of hydrogen-bond acceptors (Lipinski definition) is 2.